The van der Waals surface area contributed by atoms with Gasteiger partial charge in [0, 0.05) is 17.3 Å². The third kappa shape index (κ3) is 4.36. The van der Waals surface area contributed by atoms with Gasteiger partial charge in [-0.3, -0.25) is 0 Å². The number of nitrogens with zero attached hydrogens (tertiary/aromatic N) is 1. The van der Waals surface area contributed by atoms with E-state index < -0.39 is 0 Å². The number of hydrogen-bond acceptors (Lipinski definition) is 5. The van der Waals surface area contributed by atoms with Crippen LogP contribution >= 0.6 is 24.6 Å². The van der Waals surface area contributed by atoms with Gasteiger partial charge in [-0.15, -0.1) is 12.4 Å². The number of ether oxygens (including phenoxy) is 1. The first kappa shape index (κ1) is 19.3. The van der Waals surface area contributed by atoms with Gasteiger partial charge in [0.1, 0.15) is 0 Å². The Morgan fingerprint density at radius 2 is 2.22 bits per heavy atom. The smallest absolute Gasteiger partial charge is 0.336 e. The van der Waals surface area contributed by atoms with E-state index in [4.69, 9.17) is 22.7 Å². The molecule has 0 aromatic carbocycles. The molecule has 0 bridgehead atoms. The van der Waals surface area contributed by atoms with Gasteiger partial charge < -0.3 is 21.1 Å². The standard InChI is InChI=1S/C15H20N4O2S.ClH/c1-3-21-14(20)13-11(7-18-15(17)22)19-8(2)10(6-16)12(13)9-4-5-9;/h9,12,19H,3-5,7H2,1-2H3,(H3,17,18,22);1H/t12-;/m0./s1. The lowest BCUT2D eigenvalue weighted by Crippen LogP contribution is -2.39. The largest absolute Gasteiger partial charge is 0.463 e. The molecule has 0 aromatic heterocycles. The van der Waals surface area contributed by atoms with E-state index in [9.17, 15) is 10.1 Å². The van der Waals surface area contributed by atoms with Crippen molar-refractivity contribution in [3.05, 3.63) is 22.5 Å². The normalized spacial score (nSPS) is 20.1. The Bertz CT molecular complexity index is 605. The molecule has 6 nitrogen and oxygen atoms in total. The first-order valence-corrected chi connectivity index (χ1v) is 7.71. The predicted molar refractivity (Wildman–Crippen MR) is 93.4 cm³/mol. The molecule has 0 spiro atoms. The zero-order valence-electron chi connectivity index (χ0n) is 13.1. The summed E-state index contributed by atoms with van der Waals surface area (Å²) in [4.78, 5) is 12.4. The van der Waals surface area contributed by atoms with Crippen LogP contribution in [0.3, 0.4) is 0 Å². The topological polar surface area (TPSA) is 100 Å². The predicted octanol–water partition coefficient (Wildman–Crippen LogP) is 1.49. The number of carbonyl (C=O) groups excluding carboxylic acids is 1. The van der Waals surface area contributed by atoms with Crippen LogP contribution in [0.4, 0.5) is 0 Å². The summed E-state index contributed by atoms with van der Waals surface area (Å²) >= 11 is 4.82. The van der Waals surface area contributed by atoms with Crippen molar-refractivity contribution < 1.29 is 9.53 Å². The second kappa shape index (κ2) is 8.18. The van der Waals surface area contributed by atoms with Gasteiger partial charge >= 0.3 is 5.97 Å². The minimum absolute atomic E-state index is 0. The summed E-state index contributed by atoms with van der Waals surface area (Å²) < 4.78 is 5.19. The minimum Gasteiger partial charge on any atom is -0.463 e. The van der Waals surface area contributed by atoms with E-state index in [0.29, 0.717) is 35.9 Å². The van der Waals surface area contributed by atoms with Crippen molar-refractivity contribution in [2.75, 3.05) is 13.2 Å². The quantitative estimate of drug-likeness (QED) is 0.506. The number of allylic oxidation sites excluding steroid dienone is 2. The van der Waals surface area contributed by atoms with Crippen LogP contribution in [0.2, 0.25) is 0 Å². The summed E-state index contributed by atoms with van der Waals surface area (Å²) in [7, 11) is 0. The van der Waals surface area contributed by atoms with E-state index in [2.05, 4.69) is 16.7 Å². The molecule has 0 saturated heterocycles. The van der Waals surface area contributed by atoms with E-state index in [1.807, 2.05) is 6.92 Å². The summed E-state index contributed by atoms with van der Waals surface area (Å²) in [5, 5.41) is 15.6. The van der Waals surface area contributed by atoms with Crippen molar-refractivity contribution in [2.24, 2.45) is 17.6 Å². The fraction of sp³-hybridized carbons (Fsp3) is 0.533. The van der Waals surface area contributed by atoms with Crippen LogP contribution in [0.5, 0.6) is 0 Å². The molecule has 4 N–H and O–H groups in total. The summed E-state index contributed by atoms with van der Waals surface area (Å²) in [5.74, 6) is -0.258. The van der Waals surface area contributed by atoms with Crippen molar-refractivity contribution in [1.29, 1.82) is 5.26 Å². The van der Waals surface area contributed by atoms with Gasteiger partial charge in [0.2, 0.25) is 0 Å². The lowest BCUT2D eigenvalue weighted by Gasteiger charge is -2.29. The number of halogens is 1. The molecule has 1 heterocycles. The van der Waals surface area contributed by atoms with Crippen LogP contribution in [0.1, 0.15) is 26.7 Å². The molecule has 23 heavy (non-hydrogen) atoms. The number of nitrogens with two attached hydrogens (primary N) is 1. The average molecular weight is 357 g/mol. The minimum atomic E-state index is -0.383. The summed E-state index contributed by atoms with van der Waals surface area (Å²) in [6, 6.07) is 2.24. The van der Waals surface area contributed by atoms with Crippen molar-refractivity contribution in [1.82, 2.24) is 10.6 Å². The van der Waals surface area contributed by atoms with Gasteiger partial charge in [0.05, 0.1) is 30.4 Å². The molecule has 0 unspecified atom stereocenters. The van der Waals surface area contributed by atoms with Gasteiger partial charge in [-0.2, -0.15) is 5.26 Å². The monoisotopic (exact) mass is 356 g/mol. The Balaban J connectivity index is 0.00000264. The Labute approximate surface area is 147 Å². The number of esters is 1. The van der Waals surface area contributed by atoms with Crippen LogP contribution in [-0.4, -0.2) is 24.2 Å². The first-order valence-electron chi connectivity index (χ1n) is 7.30. The summed E-state index contributed by atoms with van der Waals surface area (Å²) in [6.07, 6.45) is 2.03. The maximum atomic E-state index is 12.4. The molecule has 1 aliphatic carbocycles. The highest BCUT2D eigenvalue weighted by Crippen LogP contribution is 2.47. The third-order valence-corrected chi connectivity index (χ3v) is 3.98. The lowest BCUT2D eigenvalue weighted by atomic mass is 9.82. The molecule has 2 rings (SSSR count). The van der Waals surface area contributed by atoms with Crippen molar-refractivity contribution >= 4 is 35.7 Å². The molecule has 1 aliphatic heterocycles. The maximum Gasteiger partial charge on any atom is 0.336 e. The fourth-order valence-corrected chi connectivity index (χ4v) is 2.83. The maximum absolute atomic E-state index is 12.4. The molecule has 0 radical (unpaired) electrons. The van der Waals surface area contributed by atoms with Crippen LogP contribution in [0.25, 0.3) is 0 Å². The van der Waals surface area contributed by atoms with Crippen LogP contribution in [-0.2, 0) is 9.53 Å². The molecule has 2 aliphatic rings. The lowest BCUT2D eigenvalue weighted by molar-refractivity contribution is -0.139. The number of nitriles is 1. The van der Waals surface area contributed by atoms with Gasteiger partial charge in [-0.1, -0.05) is 0 Å². The van der Waals surface area contributed by atoms with Crippen LogP contribution < -0.4 is 16.4 Å². The van der Waals surface area contributed by atoms with E-state index in [0.717, 1.165) is 18.5 Å². The molecule has 0 aromatic rings. The molecule has 1 saturated carbocycles. The molecule has 0 amide bonds. The Kier molecular flexibility index (Phi) is 6.85. The molecule has 1 atom stereocenters. The van der Waals surface area contributed by atoms with E-state index >= 15 is 0 Å². The van der Waals surface area contributed by atoms with Crippen molar-refractivity contribution in [3.8, 4) is 6.07 Å². The number of carbonyl (C=O) groups is 1. The van der Waals surface area contributed by atoms with Crippen molar-refractivity contribution in [2.45, 2.75) is 26.7 Å². The average Bonchev–Trinajstić information content (AvgIpc) is 3.28. The Morgan fingerprint density at radius 3 is 2.70 bits per heavy atom. The van der Waals surface area contributed by atoms with E-state index in [1.54, 1.807) is 6.92 Å². The first-order chi connectivity index (χ1) is 10.5. The highest BCUT2D eigenvalue weighted by molar-refractivity contribution is 7.80. The Morgan fingerprint density at radius 1 is 1.57 bits per heavy atom. The summed E-state index contributed by atoms with van der Waals surface area (Å²) in [6.45, 7) is 4.21. The Hall–Kier alpha value is -1.78. The number of nitrogens with one attached hydrogen (secondary N) is 2. The molecular weight excluding hydrogens is 336 g/mol. The molecule has 126 valence electrons. The zero-order chi connectivity index (χ0) is 16.3. The fourth-order valence-electron chi connectivity index (χ4n) is 2.75. The van der Waals surface area contributed by atoms with Gasteiger partial charge in [-0.05, 0) is 44.8 Å². The van der Waals surface area contributed by atoms with Crippen molar-refractivity contribution in [3.63, 3.8) is 0 Å². The highest BCUT2D eigenvalue weighted by atomic mass is 35.5. The SMILES string of the molecule is CCOC(=O)C1=C(CNC(N)=S)NC(C)=C(C#N)[C@@H]1C1CC1.Cl. The van der Waals surface area contributed by atoms with E-state index in [-0.39, 0.29) is 29.4 Å². The molecule has 1 fully saturated rings. The molecule has 8 heteroatoms. The summed E-state index contributed by atoms with van der Waals surface area (Å²) in [5.41, 5.74) is 8.06. The number of rotatable bonds is 5. The van der Waals surface area contributed by atoms with Gasteiger partial charge in [0.25, 0.3) is 0 Å². The second-order valence-corrected chi connectivity index (χ2v) is 5.86. The van der Waals surface area contributed by atoms with Crippen LogP contribution in [0, 0.1) is 23.2 Å². The van der Waals surface area contributed by atoms with E-state index in [1.165, 1.54) is 0 Å². The molecular formula is C15H21ClN4O2S. The zero-order valence-corrected chi connectivity index (χ0v) is 14.8. The second-order valence-electron chi connectivity index (χ2n) is 5.42. The number of thiocarbonyl (C=S) groups is 1. The van der Waals surface area contributed by atoms with Crippen LogP contribution in [0.15, 0.2) is 22.5 Å². The number of hydrogen-bond donors (Lipinski definition) is 3. The van der Waals surface area contributed by atoms with Gasteiger partial charge in [0.15, 0.2) is 5.11 Å². The third-order valence-electron chi connectivity index (χ3n) is 3.84. The highest BCUT2D eigenvalue weighted by Gasteiger charge is 2.43. The van der Waals surface area contributed by atoms with Gasteiger partial charge in [-0.25, -0.2) is 4.79 Å². The number of dihydropyridines is 1.